The fourth-order valence-corrected chi connectivity index (χ4v) is 1.27. The number of hydrogen-bond donors (Lipinski definition) is 1. The Morgan fingerprint density at radius 2 is 1.83 bits per heavy atom. The molecule has 1 N–H and O–H groups in total. The van der Waals surface area contributed by atoms with Crippen LogP contribution in [-0.4, -0.2) is 44.0 Å². The fraction of sp³-hybridized carbons (Fsp3) is 0.333. The Morgan fingerprint density at radius 3 is 2.28 bits per heavy atom. The molecule has 0 heterocycles. The molecular weight excluding hydrogens is 240 g/mol. The molecule has 1 aromatic carbocycles. The van der Waals surface area contributed by atoms with Crippen molar-refractivity contribution in [1.29, 1.82) is 0 Å². The minimum atomic E-state index is -1.03. The summed E-state index contributed by atoms with van der Waals surface area (Å²) in [4.78, 5) is 22.0. The van der Waals surface area contributed by atoms with E-state index >= 15 is 0 Å². The van der Waals surface area contributed by atoms with Crippen LogP contribution in [0.5, 0.6) is 5.75 Å². The van der Waals surface area contributed by atoms with Crippen LogP contribution in [0, 0.1) is 0 Å². The normalized spacial score (nSPS) is 11.7. The molecule has 0 bridgehead atoms. The predicted octanol–water partition coefficient (Wildman–Crippen LogP) is 0.952. The highest BCUT2D eigenvalue weighted by Gasteiger charge is 2.21. The van der Waals surface area contributed by atoms with Crippen LogP contribution >= 0.6 is 0 Å². The SMILES string of the molecule is COCC(Oc1ccc(C(=O)O)cc1)C(=O)OC. The predicted molar refractivity (Wildman–Crippen MR) is 61.7 cm³/mol. The lowest BCUT2D eigenvalue weighted by molar-refractivity contribution is -0.151. The van der Waals surface area contributed by atoms with Gasteiger partial charge in [-0.05, 0) is 24.3 Å². The van der Waals surface area contributed by atoms with Crippen molar-refractivity contribution < 1.29 is 28.9 Å². The second-order valence-electron chi connectivity index (χ2n) is 3.41. The van der Waals surface area contributed by atoms with E-state index in [2.05, 4.69) is 4.74 Å². The molecule has 0 aliphatic rings. The van der Waals surface area contributed by atoms with Crippen molar-refractivity contribution in [3.63, 3.8) is 0 Å². The number of hydrogen-bond acceptors (Lipinski definition) is 5. The molecule has 0 aliphatic heterocycles. The molecule has 0 fully saturated rings. The van der Waals surface area contributed by atoms with Gasteiger partial charge in [-0.25, -0.2) is 9.59 Å². The van der Waals surface area contributed by atoms with E-state index in [1.165, 1.54) is 38.5 Å². The molecule has 0 aliphatic carbocycles. The smallest absolute Gasteiger partial charge is 0.349 e. The van der Waals surface area contributed by atoms with E-state index in [-0.39, 0.29) is 12.2 Å². The average Bonchev–Trinajstić information content (AvgIpc) is 2.38. The number of methoxy groups -OCH3 is 2. The van der Waals surface area contributed by atoms with Gasteiger partial charge in [-0.15, -0.1) is 0 Å². The van der Waals surface area contributed by atoms with Gasteiger partial charge < -0.3 is 19.3 Å². The maximum Gasteiger partial charge on any atom is 0.349 e. The molecule has 1 aromatic rings. The van der Waals surface area contributed by atoms with Crippen LogP contribution in [0.4, 0.5) is 0 Å². The number of rotatable bonds is 6. The molecule has 1 rings (SSSR count). The number of benzene rings is 1. The Kier molecular flexibility index (Phi) is 5.13. The summed E-state index contributed by atoms with van der Waals surface area (Å²) in [6.45, 7) is 0.0490. The Balaban J connectivity index is 2.74. The van der Waals surface area contributed by atoms with Crippen LogP contribution < -0.4 is 4.74 Å². The summed E-state index contributed by atoms with van der Waals surface area (Å²) in [7, 11) is 2.69. The van der Waals surface area contributed by atoms with Gasteiger partial charge >= 0.3 is 11.9 Å². The topological polar surface area (TPSA) is 82.1 Å². The maximum absolute atomic E-state index is 11.4. The van der Waals surface area contributed by atoms with Crippen molar-refractivity contribution in [2.24, 2.45) is 0 Å². The molecule has 18 heavy (non-hydrogen) atoms. The summed E-state index contributed by atoms with van der Waals surface area (Å²) in [5.41, 5.74) is 0.142. The van der Waals surface area contributed by atoms with E-state index in [1.54, 1.807) is 0 Å². The van der Waals surface area contributed by atoms with Crippen LogP contribution in [-0.2, 0) is 14.3 Å². The van der Waals surface area contributed by atoms with Crippen LogP contribution in [0.25, 0.3) is 0 Å². The van der Waals surface area contributed by atoms with E-state index in [4.69, 9.17) is 14.6 Å². The zero-order valence-electron chi connectivity index (χ0n) is 10.1. The molecule has 0 amide bonds. The number of carbonyl (C=O) groups excluding carboxylic acids is 1. The number of esters is 1. The third-order valence-electron chi connectivity index (χ3n) is 2.16. The number of carboxylic acids is 1. The minimum Gasteiger partial charge on any atom is -0.478 e. The molecule has 98 valence electrons. The van der Waals surface area contributed by atoms with Crippen molar-refractivity contribution in [3.8, 4) is 5.75 Å². The Bertz CT molecular complexity index is 411. The van der Waals surface area contributed by atoms with Crippen LogP contribution in [0.2, 0.25) is 0 Å². The molecule has 6 nitrogen and oxygen atoms in total. The van der Waals surface area contributed by atoms with Gasteiger partial charge in [-0.1, -0.05) is 0 Å². The largest absolute Gasteiger partial charge is 0.478 e. The molecule has 0 saturated heterocycles. The van der Waals surface area contributed by atoms with E-state index in [0.717, 1.165) is 0 Å². The van der Waals surface area contributed by atoms with Gasteiger partial charge in [0.1, 0.15) is 5.75 Å². The van der Waals surface area contributed by atoms with E-state index in [1.807, 2.05) is 0 Å². The van der Waals surface area contributed by atoms with E-state index in [9.17, 15) is 9.59 Å². The van der Waals surface area contributed by atoms with Crippen molar-refractivity contribution in [1.82, 2.24) is 0 Å². The highest BCUT2D eigenvalue weighted by atomic mass is 16.6. The lowest BCUT2D eigenvalue weighted by atomic mass is 10.2. The average molecular weight is 254 g/mol. The molecule has 1 unspecified atom stereocenters. The first kappa shape index (κ1) is 14.0. The van der Waals surface area contributed by atoms with Gasteiger partial charge in [0.2, 0.25) is 6.10 Å². The van der Waals surface area contributed by atoms with Crippen molar-refractivity contribution in [3.05, 3.63) is 29.8 Å². The van der Waals surface area contributed by atoms with Crippen LogP contribution in [0.15, 0.2) is 24.3 Å². The zero-order chi connectivity index (χ0) is 13.5. The standard InChI is InChI=1S/C12H14O6/c1-16-7-10(12(15)17-2)18-9-5-3-8(4-6-9)11(13)14/h3-6,10H,7H2,1-2H3,(H,13,14). The summed E-state index contributed by atoms with van der Waals surface area (Å²) in [6, 6.07) is 5.71. The Labute approximate surface area is 104 Å². The summed E-state index contributed by atoms with van der Waals surface area (Å²) in [5, 5.41) is 8.73. The third-order valence-corrected chi connectivity index (χ3v) is 2.16. The summed E-state index contributed by atoms with van der Waals surface area (Å²) in [6.07, 6.45) is -0.879. The molecule has 0 saturated carbocycles. The number of aromatic carboxylic acids is 1. The van der Waals surface area contributed by atoms with Gasteiger partial charge in [0.15, 0.2) is 0 Å². The number of carbonyl (C=O) groups is 2. The Hall–Kier alpha value is -2.08. The first-order chi connectivity index (χ1) is 8.58. The summed E-state index contributed by atoms with van der Waals surface area (Å²) in [5.74, 6) is -1.21. The lowest BCUT2D eigenvalue weighted by Gasteiger charge is -2.15. The summed E-state index contributed by atoms with van der Waals surface area (Å²) < 4.78 is 14.8. The van der Waals surface area contributed by atoms with Crippen LogP contribution in [0.1, 0.15) is 10.4 Å². The van der Waals surface area contributed by atoms with Gasteiger partial charge in [0, 0.05) is 7.11 Å². The van der Waals surface area contributed by atoms with E-state index < -0.39 is 18.0 Å². The molecule has 0 spiro atoms. The molecule has 0 radical (unpaired) electrons. The van der Waals surface area contributed by atoms with Crippen LogP contribution in [0.3, 0.4) is 0 Å². The summed E-state index contributed by atoms with van der Waals surface area (Å²) >= 11 is 0. The van der Waals surface area contributed by atoms with Gasteiger partial charge in [-0.2, -0.15) is 0 Å². The van der Waals surface area contributed by atoms with Crippen molar-refractivity contribution in [2.75, 3.05) is 20.8 Å². The first-order valence-corrected chi connectivity index (χ1v) is 5.15. The highest BCUT2D eigenvalue weighted by Crippen LogP contribution is 2.14. The molecule has 1 atom stereocenters. The fourth-order valence-electron chi connectivity index (χ4n) is 1.27. The Morgan fingerprint density at radius 1 is 1.22 bits per heavy atom. The van der Waals surface area contributed by atoms with Crippen molar-refractivity contribution in [2.45, 2.75) is 6.10 Å². The molecular formula is C12H14O6. The number of carboxylic acid groups (broad SMARTS) is 1. The highest BCUT2D eigenvalue weighted by molar-refractivity contribution is 5.87. The second-order valence-corrected chi connectivity index (χ2v) is 3.41. The monoisotopic (exact) mass is 254 g/mol. The first-order valence-electron chi connectivity index (χ1n) is 5.15. The molecule has 0 aromatic heterocycles. The van der Waals surface area contributed by atoms with E-state index in [0.29, 0.717) is 5.75 Å². The molecule has 6 heteroatoms. The number of ether oxygens (including phenoxy) is 3. The van der Waals surface area contributed by atoms with Crippen molar-refractivity contribution >= 4 is 11.9 Å². The lowest BCUT2D eigenvalue weighted by Crippen LogP contribution is -2.32. The maximum atomic E-state index is 11.4. The quantitative estimate of drug-likeness (QED) is 0.761. The zero-order valence-corrected chi connectivity index (χ0v) is 10.1. The minimum absolute atomic E-state index is 0.0490. The third kappa shape index (κ3) is 3.74. The van der Waals surface area contributed by atoms with Gasteiger partial charge in [0.25, 0.3) is 0 Å². The van der Waals surface area contributed by atoms with Gasteiger partial charge in [0.05, 0.1) is 19.3 Å². The van der Waals surface area contributed by atoms with Gasteiger partial charge in [-0.3, -0.25) is 0 Å². The second kappa shape index (κ2) is 6.61.